The molecule has 3 nitrogen and oxygen atoms in total. The fourth-order valence-electron chi connectivity index (χ4n) is 1.78. The second kappa shape index (κ2) is 4.81. The summed E-state index contributed by atoms with van der Waals surface area (Å²) in [6.07, 6.45) is 2.40. The van der Waals surface area contributed by atoms with Gasteiger partial charge in [-0.05, 0) is 25.7 Å². The van der Waals surface area contributed by atoms with E-state index in [1.54, 1.807) is 0 Å². The second-order valence-electron chi connectivity index (χ2n) is 5.28. The molecule has 0 bridgehead atoms. The molecule has 0 saturated heterocycles. The van der Waals surface area contributed by atoms with Crippen LogP contribution >= 0.6 is 11.6 Å². The summed E-state index contributed by atoms with van der Waals surface area (Å²) in [4.78, 5) is 11.1. The molecule has 0 spiro atoms. The first-order chi connectivity index (χ1) is 7.99. The molecule has 1 aliphatic rings. The van der Waals surface area contributed by atoms with E-state index in [-0.39, 0.29) is 0 Å². The molecule has 1 aliphatic carbocycles. The zero-order valence-corrected chi connectivity index (χ0v) is 11.7. The van der Waals surface area contributed by atoms with E-state index in [1.807, 2.05) is 6.07 Å². The summed E-state index contributed by atoms with van der Waals surface area (Å²) in [5.41, 5.74) is 0. The van der Waals surface area contributed by atoms with Crippen LogP contribution in [0.4, 0.5) is 5.82 Å². The van der Waals surface area contributed by atoms with E-state index in [1.165, 1.54) is 12.8 Å². The predicted molar refractivity (Wildman–Crippen MR) is 71.7 cm³/mol. The molecule has 2 rings (SSSR count). The maximum absolute atomic E-state index is 6.07. The van der Waals surface area contributed by atoms with Crippen molar-refractivity contribution in [3.05, 3.63) is 17.0 Å². The quantitative estimate of drug-likeness (QED) is 0.770. The van der Waals surface area contributed by atoms with Gasteiger partial charge in [0, 0.05) is 25.1 Å². The Morgan fingerprint density at radius 2 is 1.94 bits per heavy atom. The van der Waals surface area contributed by atoms with Crippen LogP contribution in [0.2, 0.25) is 5.15 Å². The van der Waals surface area contributed by atoms with Crippen LogP contribution in [0.15, 0.2) is 6.07 Å². The molecule has 1 aromatic heterocycles. The van der Waals surface area contributed by atoms with Crippen molar-refractivity contribution in [3.8, 4) is 0 Å². The molecule has 17 heavy (non-hydrogen) atoms. The highest BCUT2D eigenvalue weighted by Crippen LogP contribution is 2.39. The molecule has 4 heteroatoms. The summed E-state index contributed by atoms with van der Waals surface area (Å²) in [6.45, 7) is 6.63. The summed E-state index contributed by atoms with van der Waals surface area (Å²) in [5.74, 6) is 2.97. The lowest BCUT2D eigenvalue weighted by atomic mass is 10.1. The van der Waals surface area contributed by atoms with Crippen LogP contribution in [-0.2, 0) is 0 Å². The van der Waals surface area contributed by atoms with E-state index in [2.05, 4.69) is 42.7 Å². The van der Waals surface area contributed by atoms with E-state index in [9.17, 15) is 0 Å². The van der Waals surface area contributed by atoms with Crippen LogP contribution in [0, 0.1) is 5.92 Å². The van der Waals surface area contributed by atoms with E-state index in [4.69, 9.17) is 11.6 Å². The number of anilines is 1. The van der Waals surface area contributed by atoms with E-state index < -0.39 is 0 Å². The minimum absolute atomic E-state index is 0.438. The number of aromatic nitrogens is 2. The highest BCUT2D eigenvalue weighted by atomic mass is 35.5. The summed E-state index contributed by atoms with van der Waals surface area (Å²) >= 11 is 6.07. The van der Waals surface area contributed by atoms with Gasteiger partial charge in [-0.15, -0.1) is 0 Å². The van der Waals surface area contributed by atoms with Crippen LogP contribution in [0.1, 0.15) is 45.4 Å². The Morgan fingerprint density at radius 3 is 2.47 bits per heavy atom. The summed E-state index contributed by atoms with van der Waals surface area (Å²) in [6, 6.07) is 2.29. The van der Waals surface area contributed by atoms with Crippen molar-refractivity contribution in [2.24, 2.45) is 5.92 Å². The van der Waals surface area contributed by atoms with Gasteiger partial charge >= 0.3 is 0 Å². The van der Waals surface area contributed by atoms with E-state index in [0.29, 0.717) is 23.0 Å². The maximum Gasteiger partial charge on any atom is 0.135 e. The maximum atomic E-state index is 6.07. The second-order valence-corrected chi connectivity index (χ2v) is 5.66. The number of rotatable bonds is 4. The molecule has 0 radical (unpaired) electrons. The SMILES string of the molecule is CC(C)C(C)N(C)c1cc(Cl)nc(C2CC2)n1. The summed E-state index contributed by atoms with van der Waals surface area (Å²) < 4.78 is 0. The summed E-state index contributed by atoms with van der Waals surface area (Å²) in [7, 11) is 2.07. The fourth-order valence-corrected chi connectivity index (χ4v) is 1.97. The molecule has 0 amide bonds. The van der Waals surface area contributed by atoms with Crippen molar-refractivity contribution in [1.82, 2.24) is 9.97 Å². The fraction of sp³-hybridized carbons (Fsp3) is 0.692. The van der Waals surface area contributed by atoms with Crippen molar-refractivity contribution in [3.63, 3.8) is 0 Å². The number of nitrogens with zero attached hydrogens (tertiary/aromatic N) is 3. The lowest BCUT2D eigenvalue weighted by molar-refractivity contribution is 0.502. The molecule has 1 atom stereocenters. The number of halogens is 1. The van der Waals surface area contributed by atoms with Gasteiger partial charge in [0.25, 0.3) is 0 Å². The molecule has 1 fully saturated rings. The lowest BCUT2D eigenvalue weighted by Crippen LogP contribution is -2.34. The third-order valence-corrected chi connectivity index (χ3v) is 3.77. The highest BCUT2D eigenvalue weighted by Gasteiger charge is 2.28. The Morgan fingerprint density at radius 1 is 1.29 bits per heavy atom. The first-order valence-electron chi connectivity index (χ1n) is 6.26. The molecule has 0 aliphatic heterocycles. The Bertz CT molecular complexity index is 402. The van der Waals surface area contributed by atoms with Crippen LogP contribution in [0.5, 0.6) is 0 Å². The van der Waals surface area contributed by atoms with Gasteiger partial charge < -0.3 is 4.90 Å². The molecule has 0 aromatic carbocycles. The molecule has 1 unspecified atom stereocenters. The van der Waals surface area contributed by atoms with Gasteiger partial charge in [0.05, 0.1) is 0 Å². The van der Waals surface area contributed by atoms with Gasteiger partial charge in [0.15, 0.2) is 0 Å². The van der Waals surface area contributed by atoms with Gasteiger partial charge in [-0.1, -0.05) is 25.4 Å². The number of hydrogen-bond donors (Lipinski definition) is 0. The molecule has 0 N–H and O–H groups in total. The molecule has 1 aromatic rings. The molecule has 1 saturated carbocycles. The largest absolute Gasteiger partial charge is 0.357 e. The Kier molecular flexibility index (Phi) is 3.57. The molecule has 94 valence electrons. The van der Waals surface area contributed by atoms with Crippen molar-refractivity contribution < 1.29 is 0 Å². The summed E-state index contributed by atoms with van der Waals surface area (Å²) in [5, 5.41) is 0.555. The average Bonchev–Trinajstić information content (AvgIpc) is 3.09. The highest BCUT2D eigenvalue weighted by molar-refractivity contribution is 6.29. The molecular weight excluding hydrogens is 234 g/mol. The third kappa shape index (κ3) is 2.89. The standard InChI is InChI=1S/C13H20ClN3/c1-8(2)9(3)17(4)12-7-11(14)15-13(16-12)10-5-6-10/h7-10H,5-6H2,1-4H3. The smallest absolute Gasteiger partial charge is 0.135 e. The monoisotopic (exact) mass is 253 g/mol. The van der Waals surface area contributed by atoms with Crippen LogP contribution in [0.3, 0.4) is 0 Å². The van der Waals surface area contributed by atoms with Crippen molar-refractivity contribution in [2.75, 3.05) is 11.9 Å². The minimum atomic E-state index is 0.438. The normalized spacial score (nSPS) is 17.3. The van der Waals surface area contributed by atoms with Gasteiger partial charge in [-0.3, -0.25) is 0 Å². The Labute approximate surface area is 108 Å². The topological polar surface area (TPSA) is 29.0 Å². The van der Waals surface area contributed by atoms with E-state index in [0.717, 1.165) is 11.6 Å². The van der Waals surface area contributed by atoms with Gasteiger partial charge in [-0.2, -0.15) is 0 Å². The molecular formula is C13H20ClN3. The van der Waals surface area contributed by atoms with Crippen LogP contribution in [-0.4, -0.2) is 23.1 Å². The zero-order valence-electron chi connectivity index (χ0n) is 10.9. The first-order valence-corrected chi connectivity index (χ1v) is 6.64. The van der Waals surface area contributed by atoms with Crippen molar-refractivity contribution in [2.45, 2.75) is 45.6 Å². The average molecular weight is 254 g/mol. The third-order valence-electron chi connectivity index (χ3n) is 3.58. The predicted octanol–water partition coefficient (Wildman–Crippen LogP) is 3.49. The zero-order chi connectivity index (χ0) is 12.6. The van der Waals surface area contributed by atoms with Gasteiger partial charge in [0.1, 0.15) is 16.8 Å². The first kappa shape index (κ1) is 12.6. The van der Waals surface area contributed by atoms with Gasteiger partial charge in [0.2, 0.25) is 0 Å². The van der Waals surface area contributed by atoms with Crippen LogP contribution in [0.25, 0.3) is 0 Å². The van der Waals surface area contributed by atoms with E-state index >= 15 is 0 Å². The van der Waals surface area contributed by atoms with Crippen LogP contribution < -0.4 is 4.90 Å². The van der Waals surface area contributed by atoms with Crippen molar-refractivity contribution in [1.29, 1.82) is 0 Å². The molecule has 1 heterocycles. The lowest BCUT2D eigenvalue weighted by Gasteiger charge is -2.29. The minimum Gasteiger partial charge on any atom is -0.357 e. The van der Waals surface area contributed by atoms with Gasteiger partial charge in [-0.25, -0.2) is 9.97 Å². The number of hydrogen-bond acceptors (Lipinski definition) is 3. The Hall–Kier alpha value is -0.830. The van der Waals surface area contributed by atoms with Crippen molar-refractivity contribution >= 4 is 17.4 Å². The Balaban J connectivity index is 2.24.